The Bertz CT molecular complexity index is 785. The highest BCUT2D eigenvalue weighted by Gasteiger charge is 2.25. The Labute approximate surface area is 162 Å². The lowest BCUT2D eigenvalue weighted by molar-refractivity contribution is 0.0570. The number of amides is 2. The Kier molecular flexibility index (Phi) is 6.23. The van der Waals surface area contributed by atoms with Crippen LogP contribution in [0.3, 0.4) is 0 Å². The lowest BCUT2D eigenvalue weighted by atomic mass is 10.1. The first kappa shape index (κ1) is 19.1. The number of ether oxygens (including phenoxy) is 2. The average molecular weight is 390 g/mol. The maximum atomic E-state index is 12.6. The van der Waals surface area contributed by atoms with Crippen molar-refractivity contribution >= 4 is 23.7 Å². The smallest absolute Gasteiger partial charge is 0.409 e. The summed E-state index contributed by atoms with van der Waals surface area (Å²) in [7, 11) is 0. The van der Waals surface area contributed by atoms with E-state index in [1.54, 1.807) is 41.0 Å². The number of aromatic nitrogens is 2. The molecular formula is C18H22N4O4S. The SMILES string of the molecule is CCOC(=O)N1CCN(C(=O)c2ccc(OCc3nsnc3C)cc2)CC1. The molecule has 0 bridgehead atoms. The Hall–Kier alpha value is -2.68. The van der Waals surface area contributed by atoms with E-state index < -0.39 is 0 Å². The van der Waals surface area contributed by atoms with Crippen LogP contribution in [0.4, 0.5) is 4.79 Å². The molecule has 0 N–H and O–H groups in total. The van der Waals surface area contributed by atoms with Gasteiger partial charge in [-0.05, 0) is 38.1 Å². The number of benzene rings is 1. The van der Waals surface area contributed by atoms with Gasteiger partial charge >= 0.3 is 6.09 Å². The summed E-state index contributed by atoms with van der Waals surface area (Å²) in [6.45, 7) is 6.32. The molecule has 0 aliphatic carbocycles. The van der Waals surface area contributed by atoms with E-state index in [4.69, 9.17) is 9.47 Å². The van der Waals surface area contributed by atoms with Crippen molar-refractivity contribution < 1.29 is 19.1 Å². The molecule has 1 aromatic carbocycles. The first-order valence-electron chi connectivity index (χ1n) is 8.80. The first-order valence-corrected chi connectivity index (χ1v) is 9.53. The largest absolute Gasteiger partial charge is 0.487 e. The Morgan fingerprint density at radius 2 is 1.74 bits per heavy atom. The van der Waals surface area contributed by atoms with Crippen LogP contribution in [0.1, 0.15) is 28.7 Å². The van der Waals surface area contributed by atoms with Crippen LogP contribution in [-0.4, -0.2) is 63.3 Å². The molecule has 1 aliphatic rings. The van der Waals surface area contributed by atoms with Crippen LogP contribution in [0.2, 0.25) is 0 Å². The number of carbonyl (C=O) groups excluding carboxylic acids is 2. The molecule has 1 aliphatic heterocycles. The number of aryl methyl sites for hydroxylation is 1. The highest BCUT2D eigenvalue weighted by atomic mass is 32.1. The van der Waals surface area contributed by atoms with Gasteiger partial charge in [-0.1, -0.05) is 0 Å². The predicted octanol–water partition coefficient (Wildman–Crippen LogP) is 2.34. The predicted molar refractivity (Wildman–Crippen MR) is 99.9 cm³/mol. The summed E-state index contributed by atoms with van der Waals surface area (Å²) in [5.41, 5.74) is 2.28. The van der Waals surface area contributed by atoms with Crippen LogP contribution in [0.5, 0.6) is 5.75 Å². The molecule has 0 unspecified atom stereocenters. The van der Waals surface area contributed by atoms with E-state index in [0.717, 1.165) is 11.4 Å². The van der Waals surface area contributed by atoms with Crippen molar-refractivity contribution in [2.45, 2.75) is 20.5 Å². The average Bonchev–Trinajstić information content (AvgIpc) is 3.11. The van der Waals surface area contributed by atoms with Crippen molar-refractivity contribution in [3.05, 3.63) is 41.2 Å². The van der Waals surface area contributed by atoms with Crippen molar-refractivity contribution in [2.75, 3.05) is 32.8 Å². The Morgan fingerprint density at radius 1 is 1.07 bits per heavy atom. The molecule has 1 fully saturated rings. The molecule has 0 saturated carbocycles. The number of carbonyl (C=O) groups is 2. The van der Waals surface area contributed by atoms with Crippen molar-refractivity contribution in [3.63, 3.8) is 0 Å². The van der Waals surface area contributed by atoms with Gasteiger partial charge in [-0.15, -0.1) is 0 Å². The van der Waals surface area contributed by atoms with Crippen LogP contribution in [0, 0.1) is 6.92 Å². The molecule has 2 heterocycles. The Balaban J connectivity index is 1.52. The van der Waals surface area contributed by atoms with Crippen LogP contribution < -0.4 is 4.74 Å². The van der Waals surface area contributed by atoms with Crippen LogP contribution >= 0.6 is 11.7 Å². The fourth-order valence-electron chi connectivity index (χ4n) is 2.72. The third-order valence-electron chi connectivity index (χ3n) is 4.32. The van der Waals surface area contributed by atoms with Gasteiger partial charge in [0.05, 0.1) is 24.0 Å². The van der Waals surface area contributed by atoms with E-state index in [9.17, 15) is 9.59 Å². The maximum Gasteiger partial charge on any atom is 0.409 e. The summed E-state index contributed by atoms with van der Waals surface area (Å²) in [5.74, 6) is 0.621. The second kappa shape index (κ2) is 8.81. The molecule has 0 radical (unpaired) electrons. The zero-order valence-corrected chi connectivity index (χ0v) is 16.2. The van der Waals surface area contributed by atoms with Gasteiger partial charge in [-0.2, -0.15) is 8.75 Å². The van der Waals surface area contributed by atoms with Crippen LogP contribution in [0.15, 0.2) is 24.3 Å². The summed E-state index contributed by atoms with van der Waals surface area (Å²) >= 11 is 1.17. The molecular weight excluding hydrogens is 368 g/mol. The molecule has 2 amide bonds. The van der Waals surface area contributed by atoms with Crippen LogP contribution in [0.25, 0.3) is 0 Å². The quantitative estimate of drug-likeness (QED) is 0.779. The highest BCUT2D eigenvalue weighted by molar-refractivity contribution is 6.99. The van der Waals surface area contributed by atoms with Gasteiger partial charge in [0.15, 0.2) is 0 Å². The minimum absolute atomic E-state index is 0.0513. The summed E-state index contributed by atoms with van der Waals surface area (Å²) in [5, 5.41) is 0. The number of rotatable bonds is 5. The van der Waals surface area contributed by atoms with E-state index in [-0.39, 0.29) is 12.0 Å². The molecule has 1 saturated heterocycles. The lowest BCUT2D eigenvalue weighted by Crippen LogP contribution is -2.50. The number of nitrogens with zero attached hydrogens (tertiary/aromatic N) is 4. The van der Waals surface area contributed by atoms with Crippen molar-refractivity contribution in [3.8, 4) is 5.75 Å². The Morgan fingerprint density at radius 3 is 2.33 bits per heavy atom. The van der Waals surface area contributed by atoms with E-state index >= 15 is 0 Å². The molecule has 144 valence electrons. The van der Waals surface area contributed by atoms with E-state index in [2.05, 4.69) is 8.75 Å². The number of piperazine rings is 1. The van der Waals surface area contributed by atoms with Gasteiger partial charge in [-0.25, -0.2) is 4.79 Å². The zero-order valence-electron chi connectivity index (χ0n) is 15.4. The van der Waals surface area contributed by atoms with Gasteiger partial charge in [-0.3, -0.25) is 4.79 Å². The molecule has 2 aromatic rings. The van der Waals surface area contributed by atoms with E-state index in [1.807, 2.05) is 6.92 Å². The zero-order chi connectivity index (χ0) is 19.2. The van der Waals surface area contributed by atoms with Gasteiger partial charge < -0.3 is 19.3 Å². The lowest BCUT2D eigenvalue weighted by Gasteiger charge is -2.34. The molecule has 0 atom stereocenters. The van der Waals surface area contributed by atoms with Gasteiger partial charge in [0.25, 0.3) is 5.91 Å². The molecule has 0 spiro atoms. The topological polar surface area (TPSA) is 84.9 Å². The summed E-state index contributed by atoms with van der Waals surface area (Å²) in [6.07, 6.45) is -0.323. The second-order valence-electron chi connectivity index (χ2n) is 6.09. The molecule has 9 heteroatoms. The fraction of sp³-hybridized carbons (Fsp3) is 0.444. The second-order valence-corrected chi connectivity index (χ2v) is 6.62. The minimum Gasteiger partial charge on any atom is -0.487 e. The summed E-state index contributed by atoms with van der Waals surface area (Å²) in [4.78, 5) is 27.7. The van der Waals surface area contributed by atoms with Crippen molar-refractivity contribution in [2.24, 2.45) is 0 Å². The normalized spacial score (nSPS) is 14.1. The molecule has 8 nitrogen and oxygen atoms in total. The van der Waals surface area contributed by atoms with Gasteiger partial charge in [0.1, 0.15) is 18.1 Å². The third kappa shape index (κ3) is 4.73. The fourth-order valence-corrected chi connectivity index (χ4v) is 3.27. The number of hydrogen-bond donors (Lipinski definition) is 0. The molecule has 27 heavy (non-hydrogen) atoms. The monoisotopic (exact) mass is 390 g/mol. The van der Waals surface area contributed by atoms with E-state index in [0.29, 0.717) is 50.7 Å². The van der Waals surface area contributed by atoms with Crippen LogP contribution in [-0.2, 0) is 11.3 Å². The third-order valence-corrected chi connectivity index (χ3v) is 4.97. The standard InChI is InChI=1S/C18H22N4O4S/c1-3-25-18(24)22-10-8-21(9-11-22)17(23)14-4-6-15(7-5-14)26-12-16-13(2)19-27-20-16/h4-7H,3,8-12H2,1-2H3. The van der Waals surface area contributed by atoms with Gasteiger partial charge in [0, 0.05) is 31.7 Å². The molecule has 3 rings (SSSR count). The maximum absolute atomic E-state index is 12.6. The summed E-state index contributed by atoms with van der Waals surface area (Å²) in [6, 6.07) is 7.05. The first-order chi connectivity index (χ1) is 13.1. The minimum atomic E-state index is -0.323. The van der Waals surface area contributed by atoms with Gasteiger partial charge in [0.2, 0.25) is 0 Å². The molecule has 1 aromatic heterocycles. The van der Waals surface area contributed by atoms with Crippen molar-refractivity contribution in [1.82, 2.24) is 18.5 Å². The number of hydrogen-bond acceptors (Lipinski definition) is 7. The van der Waals surface area contributed by atoms with E-state index in [1.165, 1.54) is 11.7 Å². The summed E-state index contributed by atoms with van der Waals surface area (Å²) < 4.78 is 19.0. The highest BCUT2D eigenvalue weighted by Crippen LogP contribution is 2.17. The van der Waals surface area contributed by atoms with Crippen molar-refractivity contribution in [1.29, 1.82) is 0 Å².